The summed E-state index contributed by atoms with van der Waals surface area (Å²) in [6, 6.07) is 7.44. The first-order valence-electron chi connectivity index (χ1n) is 12.7. The van der Waals surface area contributed by atoms with Gasteiger partial charge in [0.2, 0.25) is 5.91 Å². The van der Waals surface area contributed by atoms with Crippen LogP contribution in [0.3, 0.4) is 0 Å². The lowest BCUT2D eigenvalue weighted by Crippen LogP contribution is -2.48. The number of hydrogen-bond donors (Lipinski definition) is 3. The van der Waals surface area contributed by atoms with Gasteiger partial charge in [-0.05, 0) is 87.2 Å². The first-order valence-corrected chi connectivity index (χ1v) is 13.7. The van der Waals surface area contributed by atoms with Gasteiger partial charge < -0.3 is 14.7 Å². The number of aryl methyl sites for hydroxylation is 1. The smallest absolute Gasteiger partial charge is 0.249 e. The predicted molar refractivity (Wildman–Crippen MR) is 142 cm³/mol. The molecule has 2 heterocycles. The van der Waals surface area contributed by atoms with Gasteiger partial charge in [-0.25, -0.2) is 18.7 Å². The molecule has 0 spiro atoms. The zero-order valence-electron chi connectivity index (χ0n) is 21.8. The number of carbonyl (C=O) groups excluding carboxylic acids is 1. The number of aliphatic hydroxyl groups is 1. The molecule has 1 atom stereocenters. The van der Waals surface area contributed by atoms with E-state index in [2.05, 4.69) is 9.88 Å². The topological polar surface area (TPSA) is 94.9 Å². The molecule has 3 N–H and O–H groups in total. The highest BCUT2D eigenvalue weighted by atomic mass is 32.2. The Kier molecular flexibility index (Phi) is 9.37. The molecular weight excluding hydrogens is 531 g/mol. The Morgan fingerprint density at radius 3 is 2.54 bits per heavy atom. The predicted octanol–water partition coefficient (Wildman–Crippen LogP) is 5.16. The van der Waals surface area contributed by atoms with E-state index in [-0.39, 0.29) is 0 Å². The number of piperidine rings is 1. The van der Waals surface area contributed by atoms with Crippen LogP contribution in [-0.4, -0.2) is 58.6 Å². The van der Waals surface area contributed by atoms with Crippen molar-refractivity contribution in [3.63, 3.8) is 0 Å². The maximum absolute atomic E-state index is 13.5. The van der Waals surface area contributed by atoms with Crippen molar-refractivity contribution in [3.8, 4) is 5.75 Å². The van der Waals surface area contributed by atoms with Gasteiger partial charge >= 0.3 is 0 Å². The average Bonchev–Trinajstić information content (AvgIpc) is 2.94. The van der Waals surface area contributed by atoms with Crippen LogP contribution in [0.15, 0.2) is 41.4 Å². The van der Waals surface area contributed by atoms with Gasteiger partial charge in [-0.1, -0.05) is 0 Å². The molecular formula is C28H32F3N3O4S. The zero-order chi connectivity index (χ0) is 28.2. The number of carbonyl (C=O) groups is 1. The van der Waals surface area contributed by atoms with E-state index in [4.69, 9.17) is 4.74 Å². The Bertz CT molecular complexity index is 1310. The molecule has 0 aliphatic carbocycles. The van der Waals surface area contributed by atoms with Gasteiger partial charge in [0.25, 0.3) is 0 Å². The van der Waals surface area contributed by atoms with Gasteiger partial charge in [-0.2, -0.15) is 0 Å². The Morgan fingerprint density at radius 2 is 1.90 bits per heavy atom. The number of likely N-dealkylation sites (tertiary alicyclic amines) is 1. The molecule has 1 aromatic heterocycles. The lowest BCUT2D eigenvalue weighted by atomic mass is 9.73. The van der Waals surface area contributed by atoms with Crippen molar-refractivity contribution < 1.29 is 33.0 Å². The van der Waals surface area contributed by atoms with Gasteiger partial charge in [0.1, 0.15) is 5.75 Å². The summed E-state index contributed by atoms with van der Waals surface area (Å²) in [6.45, 7) is 3.63. The number of nitrogens with zero attached hydrogens (tertiary/aromatic N) is 2. The highest BCUT2D eigenvalue weighted by molar-refractivity contribution is 7.99. The van der Waals surface area contributed by atoms with Crippen LogP contribution in [0.25, 0.3) is 10.9 Å². The third-order valence-electron chi connectivity index (χ3n) is 7.58. The van der Waals surface area contributed by atoms with Crippen LogP contribution in [0.1, 0.15) is 42.9 Å². The van der Waals surface area contributed by atoms with Gasteiger partial charge in [-0.15, -0.1) is 11.8 Å². The summed E-state index contributed by atoms with van der Waals surface area (Å²) in [5.41, 5.74) is 3.27. The van der Waals surface area contributed by atoms with Gasteiger partial charge in [0.05, 0.1) is 24.1 Å². The Labute approximate surface area is 229 Å². The molecule has 1 aliphatic heterocycles. The second-order valence-electron chi connectivity index (χ2n) is 9.90. The average molecular weight is 564 g/mol. The summed E-state index contributed by atoms with van der Waals surface area (Å²) >= 11 is 1.22. The Balaban J connectivity index is 1.39. The second-order valence-corrected chi connectivity index (χ2v) is 11.1. The van der Waals surface area contributed by atoms with Crippen molar-refractivity contribution in [2.75, 3.05) is 32.5 Å². The van der Waals surface area contributed by atoms with Crippen molar-refractivity contribution in [1.29, 1.82) is 0 Å². The highest BCUT2D eigenvalue weighted by Crippen LogP contribution is 2.40. The van der Waals surface area contributed by atoms with Crippen LogP contribution in [-0.2, 0) is 4.79 Å². The number of aliphatic hydroxyl groups excluding tert-OH is 1. The van der Waals surface area contributed by atoms with Crippen LogP contribution in [0.4, 0.5) is 13.2 Å². The number of benzene rings is 2. The quantitative estimate of drug-likeness (QED) is 0.136. The third-order valence-corrected chi connectivity index (χ3v) is 8.53. The zero-order valence-corrected chi connectivity index (χ0v) is 22.7. The molecule has 39 heavy (non-hydrogen) atoms. The molecule has 1 fully saturated rings. The van der Waals surface area contributed by atoms with Crippen molar-refractivity contribution in [2.45, 2.75) is 43.6 Å². The van der Waals surface area contributed by atoms with Crippen molar-refractivity contribution in [2.24, 2.45) is 5.41 Å². The number of aromatic nitrogens is 1. The molecule has 3 aromatic rings. The number of methoxy groups -OCH3 is 1. The minimum absolute atomic E-state index is 0.308. The SMILES string of the molecule is COc1ccc2ncc(C)c(C(O)CCC3(C(=O)NO)CCN(CCSc4cc(F)c(F)c(F)c4)CC3)c2c1. The number of rotatable bonds is 10. The van der Waals surface area contributed by atoms with E-state index >= 15 is 0 Å². The molecule has 2 aromatic carbocycles. The fourth-order valence-corrected chi connectivity index (χ4v) is 6.20. The minimum atomic E-state index is -1.48. The number of fused-ring (bicyclic) bond motifs is 1. The number of pyridine rings is 1. The van der Waals surface area contributed by atoms with Crippen LogP contribution in [0.2, 0.25) is 0 Å². The molecule has 1 amide bonds. The standard InChI is InChI=1S/C28H32F3N3O4S/c1-17-16-32-23-4-3-18(38-2)13-20(23)25(17)24(35)5-6-28(27(36)33-37)7-9-34(10-8-28)11-12-39-19-14-21(29)26(31)22(30)15-19/h3-4,13-16,24,35,37H,5-12H2,1-2H3,(H,33,36). The highest BCUT2D eigenvalue weighted by Gasteiger charge is 2.41. The summed E-state index contributed by atoms with van der Waals surface area (Å²) in [5, 5.41) is 21.5. The van der Waals surface area contributed by atoms with Crippen LogP contribution < -0.4 is 10.2 Å². The van der Waals surface area contributed by atoms with Crippen molar-refractivity contribution in [3.05, 3.63) is 65.1 Å². The van der Waals surface area contributed by atoms with E-state index in [0.717, 1.165) is 34.2 Å². The first kappa shape index (κ1) is 29.1. The molecule has 4 rings (SSSR count). The summed E-state index contributed by atoms with van der Waals surface area (Å²) in [5.74, 6) is -3.21. The third kappa shape index (κ3) is 6.49. The van der Waals surface area contributed by atoms with Gasteiger partial charge in [0, 0.05) is 28.8 Å². The molecule has 0 saturated carbocycles. The normalized spacial score (nSPS) is 16.3. The van der Waals surface area contributed by atoms with E-state index in [1.165, 1.54) is 11.8 Å². The number of hydrogen-bond acceptors (Lipinski definition) is 7. The van der Waals surface area contributed by atoms with E-state index in [0.29, 0.717) is 61.7 Å². The number of nitrogens with one attached hydrogen (secondary N) is 1. The van der Waals surface area contributed by atoms with E-state index < -0.39 is 34.9 Å². The summed E-state index contributed by atoms with van der Waals surface area (Å²) in [4.78, 5) is 19.7. The monoisotopic (exact) mass is 563 g/mol. The second kappa shape index (κ2) is 12.5. The molecule has 210 valence electrons. The molecule has 0 radical (unpaired) electrons. The molecule has 1 aliphatic rings. The fourth-order valence-electron chi connectivity index (χ4n) is 5.24. The van der Waals surface area contributed by atoms with Crippen LogP contribution >= 0.6 is 11.8 Å². The van der Waals surface area contributed by atoms with Crippen LogP contribution in [0.5, 0.6) is 5.75 Å². The van der Waals surface area contributed by atoms with Gasteiger partial charge in [-0.3, -0.25) is 15.0 Å². The molecule has 1 saturated heterocycles. The van der Waals surface area contributed by atoms with E-state index in [1.54, 1.807) is 13.3 Å². The van der Waals surface area contributed by atoms with Crippen molar-refractivity contribution >= 4 is 28.6 Å². The van der Waals surface area contributed by atoms with Crippen LogP contribution in [0, 0.1) is 29.8 Å². The number of thioether (sulfide) groups is 1. The molecule has 11 heteroatoms. The number of halogens is 3. The number of ether oxygens (including phenoxy) is 1. The number of hydroxylamine groups is 1. The Hall–Kier alpha value is -2.86. The molecule has 7 nitrogen and oxygen atoms in total. The maximum atomic E-state index is 13.5. The molecule has 1 unspecified atom stereocenters. The lowest BCUT2D eigenvalue weighted by molar-refractivity contribution is -0.143. The summed E-state index contributed by atoms with van der Waals surface area (Å²) < 4.78 is 45.5. The maximum Gasteiger partial charge on any atom is 0.249 e. The number of amides is 1. The first-order chi connectivity index (χ1) is 18.7. The largest absolute Gasteiger partial charge is 0.497 e. The van der Waals surface area contributed by atoms with Gasteiger partial charge in [0.15, 0.2) is 17.5 Å². The minimum Gasteiger partial charge on any atom is -0.497 e. The lowest BCUT2D eigenvalue weighted by Gasteiger charge is -2.40. The molecule has 0 bridgehead atoms. The Morgan fingerprint density at radius 1 is 1.21 bits per heavy atom. The fraction of sp³-hybridized carbons (Fsp3) is 0.429. The summed E-state index contributed by atoms with van der Waals surface area (Å²) in [7, 11) is 1.57. The summed E-state index contributed by atoms with van der Waals surface area (Å²) in [6.07, 6.45) is 2.49. The van der Waals surface area contributed by atoms with Crippen molar-refractivity contribution in [1.82, 2.24) is 15.4 Å². The van der Waals surface area contributed by atoms with E-state index in [9.17, 15) is 28.3 Å². The van der Waals surface area contributed by atoms with E-state index in [1.807, 2.05) is 30.6 Å².